The fraction of sp³-hybridized carbons (Fsp3) is 0.211. The van der Waals surface area contributed by atoms with E-state index in [1.165, 1.54) is 13.2 Å². The summed E-state index contributed by atoms with van der Waals surface area (Å²) in [6.45, 7) is 0. The summed E-state index contributed by atoms with van der Waals surface area (Å²) in [5.41, 5.74) is -2.80. The van der Waals surface area contributed by atoms with E-state index in [9.17, 15) is 13.2 Å². The number of hydrogen-bond donors (Lipinski definition) is 0. The average Bonchev–Trinajstić information content (AvgIpc) is 3.05. The van der Waals surface area contributed by atoms with Crippen LogP contribution < -0.4 is 9.47 Å². The van der Waals surface area contributed by atoms with Gasteiger partial charge in [-0.05, 0) is 65.9 Å². The van der Waals surface area contributed by atoms with Crippen molar-refractivity contribution in [1.82, 2.24) is 0 Å². The molecule has 7 heteroatoms. The number of methoxy groups -OCH3 is 2. The van der Waals surface area contributed by atoms with Crippen LogP contribution in [0.2, 0.25) is 0 Å². The second-order valence-electron chi connectivity index (χ2n) is 5.53. The van der Waals surface area contributed by atoms with Gasteiger partial charge in [-0.25, -0.2) is 0 Å². The van der Waals surface area contributed by atoms with E-state index in [2.05, 4.69) is 4.99 Å². The molecule has 1 aliphatic rings. The van der Waals surface area contributed by atoms with Crippen molar-refractivity contribution in [3.8, 4) is 11.5 Å². The lowest BCUT2D eigenvalue weighted by atomic mass is 10.1. The van der Waals surface area contributed by atoms with E-state index in [1.807, 2.05) is 0 Å². The lowest BCUT2D eigenvalue weighted by Crippen LogP contribution is -2.21. The van der Waals surface area contributed by atoms with Gasteiger partial charge in [-0.15, -0.1) is 0 Å². The molecule has 1 unspecified atom stereocenters. The third-order valence-corrected chi connectivity index (χ3v) is 4.92. The summed E-state index contributed by atoms with van der Waals surface area (Å²) in [6.07, 6.45) is 3.09. The van der Waals surface area contributed by atoms with Crippen molar-refractivity contribution in [2.24, 2.45) is 4.99 Å². The Balaban J connectivity index is 2.01. The molecule has 2 aromatic carbocycles. The minimum atomic E-state index is -4.44. The van der Waals surface area contributed by atoms with Crippen molar-refractivity contribution in [2.75, 3.05) is 14.2 Å². The minimum absolute atomic E-state index is 0.155. The van der Waals surface area contributed by atoms with E-state index in [0.29, 0.717) is 22.8 Å². The third-order valence-electron chi connectivity index (χ3n) is 3.91. The van der Waals surface area contributed by atoms with Gasteiger partial charge in [-0.3, -0.25) is 4.99 Å². The summed E-state index contributed by atoms with van der Waals surface area (Å²) in [5, 5.41) is 0. The average molecular weight is 379 g/mol. The van der Waals surface area contributed by atoms with Gasteiger partial charge in [0, 0.05) is 5.56 Å². The first-order chi connectivity index (χ1) is 12.3. The standard InChI is InChI=1S/C19H16F3NO2S/c1-24-15-7-3-13(4-8-15)17-11-12-18(23-17,26-19(20,21)22)14-5-9-16(25-2)10-6-14/h3-12H,1-2H3. The molecule has 26 heavy (non-hydrogen) atoms. The van der Waals surface area contributed by atoms with Gasteiger partial charge >= 0.3 is 5.51 Å². The molecule has 0 saturated heterocycles. The van der Waals surface area contributed by atoms with Gasteiger partial charge in [0.05, 0.1) is 19.9 Å². The van der Waals surface area contributed by atoms with Gasteiger partial charge in [0.1, 0.15) is 11.5 Å². The first kappa shape index (κ1) is 18.4. The molecule has 1 heterocycles. The predicted octanol–water partition coefficient (Wildman–Crippen LogP) is 5.17. The smallest absolute Gasteiger partial charge is 0.444 e. The van der Waals surface area contributed by atoms with Crippen LogP contribution >= 0.6 is 11.8 Å². The van der Waals surface area contributed by atoms with Crippen molar-refractivity contribution < 1.29 is 22.6 Å². The number of halogens is 3. The van der Waals surface area contributed by atoms with Crippen LogP contribution in [0, 0.1) is 0 Å². The zero-order valence-corrected chi connectivity index (χ0v) is 14.9. The molecule has 2 aromatic rings. The molecule has 0 fully saturated rings. The Morgan fingerprint density at radius 1 is 0.885 bits per heavy atom. The first-order valence-corrected chi connectivity index (χ1v) is 8.52. The van der Waals surface area contributed by atoms with E-state index in [1.54, 1.807) is 61.7 Å². The van der Waals surface area contributed by atoms with Crippen LogP contribution in [-0.2, 0) is 4.87 Å². The van der Waals surface area contributed by atoms with Crippen LogP contribution in [0.4, 0.5) is 13.2 Å². The van der Waals surface area contributed by atoms with Gasteiger partial charge in [0.25, 0.3) is 0 Å². The number of allylic oxidation sites excluding steroid dienone is 1. The van der Waals surface area contributed by atoms with Gasteiger partial charge in [0.2, 0.25) is 0 Å². The maximum absolute atomic E-state index is 13.2. The molecule has 0 bridgehead atoms. The monoisotopic (exact) mass is 379 g/mol. The quantitative estimate of drug-likeness (QED) is 0.718. The molecule has 0 spiro atoms. The molecule has 0 saturated carbocycles. The molecule has 0 aromatic heterocycles. The van der Waals surface area contributed by atoms with E-state index < -0.39 is 10.4 Å². The number of hydrogen-bond acceptors (Lipinski definition) is 4. The first-order valence-electron chi connectivity index (χ1n) is 7.70. The highest BCUT2D eigenvalue weighted by Gasteiger charge is 2.45. The molecular formula is C19H16F3NO2S. The van der Waals surface area contributed by atoms with Crippen LogP contribution in [0.1, 0.15) is 11.1 Å². The number of alkyl halides is 3. The Morgan fingerprint density at radius 3 is 1.92 bits per heavy atom. The Morgan fingerprint density at radius 2 is 1.42 bits per heavy atom. The molecule has 0 aliphatic carbocycles. The van der Waals surface area contributed by atoms with Crippen LogP contribution in [0.15, 0.2) is 65.7 Å². The molecular weight excluding hydrogens is 363 g/mol. The Kier molecular flexibility index (Phi) is 5.00. The number of thioether (sulfide) groups is 1. The Bertz CT molecular complexity index is 829. The lowest BCUT2D eigenvalue weighted by molar-refractivity contribution is -0.0339. The summed E-state index contributed by atoms with van der Waals surface area (Å²) >= 11 is -0.155. The molecule has 3 rings (SSSR count). The summed E-state index contributed by atoms with van der Waals surface area (Å²) in [4.78, 5) is 2.87. The van der Waals surface area contributed by atoms with Crippen LogP contribution in [0.3, 0.4) is 0 Å². The summed E-state index contributed by atoms with van der Waals surface area (Å²) in [6, 6.07) is 13.5. The topological polar surface area (TPSA) is 30.8 Å². The van der Waals surface area contributed by atoms with Gasteiger partial charge < -0.3 is 9.47 Å². The third kappa shape index (κ3) is 3.88. The number of aliphatic imine (C=N–C) groups is 1. The second-order valence-corrected chi connectivity index (χ2v) is 6.82. The Hall–Kier alpha value is -2.41. The highest BCUT2D eigenvalue weighted by molar-refractivity contribution is 8.01. The Labute approximate surface area is 153 Å². The maximum atomic E-state index is 13.2. The zero-order valence-electron chi connectivity index (χ0n) is 14.1. The predicted molar refractivity (Wildman–Crippen MR) is 97.0 cm³/mol. The lowest BCUT2D eigenvalue weighted by Gasteiger charge is -2.25. The van der Waals surface area contributed by atoms with Gasteiger partial charge in [-0.2, -0.15) is 13.2 Å². The van der Waals surface area contributed by atoms with Crippen LogP contribution in [0.5, 0.6) is 11.5 Å². The molecule has 0 amide bonds. The van der Waals surface area contributed by atoms with E-state index in [-0.39, 0.29) is 11.8 Å². The van der Waals surface area contributed by atoms with Crippen LogP contribution in [-0.4, -0.2) is 25.4 Å². The molecule has 1 atom stereocenters. The second kappa shape index (κ2) is 7.07. The zero-order chi connectivity index (χ0) is 18.8. The van der Waals surface area contributed by atoms with E-state index in [0.717, 1.165) is 5.56 Å². The molecule has 3 nitrogen and oxygen atoms in total. The fourth-order valence-electron chi connectivity index (χ4n) is 2.65. The van der Waals surface area contributed by atoms with Crippen molar-refractivity contribution >= 4 is 17.5 Å². The summed E-state index contributed by atoms with van der Waals surface area (Å²) in [5.74, 6) is 1.24. The minimum Gasteiger partial charge on any atom is -0.497 e. The summed E-state index contributed by atoms with van der Waals surface area (Å²) in [7, 11) is 3.06. The van der Waals surface area contributed by atoms with Crippen molar-refractivity contribution in [3.63, 3.8) is 0 Å². The van der Waals surface area contributed by atoms with E-state index in [4.69, 9.17) is 9.47 Å². The van der Waals surface area contributed by atoms with Gasteiger partial charge in [0.15, 0.2) is 4.87 Å². The molecule has 0 N–H and O–H groups in total. The number of rotatable bonds is 5. The van der Waals surface area contributed by atoms with Gasteiger partial charge in [-0.1, -0.05) is 12.1 Å². The van der Waals surface area contributed by atoms with Crippen molar-refractivity contribution in [2.45, 2.75) is 10.4 Å². The highest BCUT2D eigenvalue weighted by atomic mass is 32.2. The molecule has 136 valence electrons. The van der Waals surface area contributed by atoms with Crippen molar-refractivity contribution in [3.05, 3.63) is 71.8 Å². The SMILES string of the molecule is COc1ccc(C2=NC(SC(F)(F)F)(c3ccc(OC)cc3)C=C2)cc1. The van der Waals surface area contributed by atoms with E-state index >= 15 is 0 Å². The number of nitrogens with zero attached hydrogens (tertiary/aromatic N) is 1. The normalized spacial score (nSPS) is 19.3. The van der Waals surface area contributed by atoms with Crippen LogP contribution in [0.25, 0.3) is 0 Å². The number of ether oxygens (including phenoxy) is 2. The molecule has 1 aliphatic heterocycles. The fourth-order valence-corrected chi connectivity index (χ4v) is 3.54. The maximum Gasteiger partial charge on any atom is 0.444 e. The largest absolute Gasteiger partial charge is 0.497 e. The highest BCUT2D eigenvalue weighted by Crippen LogP contribution is 2.51. The number of benzene rings is 2. The van der Waals surface area contributed by atoms with Crippen molar-refractivity contribution in [1.29, 1.82) is 0 Å². The summed E-state index contributed by atoms with van der Waals surface area (Å²) < 4.78 is 49.9. The molecule has 0 radical (unpaired) electrons.